The van der Waals surface area contributed by atoms with Crippen molar-refractivity contribution >= 4 is 29.0 Å². The number of nitrogens with zero attached hydrogens (tertiary/aromatic N) is 2. The molecule has 1 saturated heterocycles. The number of likely N-dealkylation sites (tertiary alicyclic amines) is 1. The lowest BCUT2D eigenvalue weighted by molar-refractivity contribution is -0.123. The zero-order chi connectivity index (χ0) is 17.1. The number of nitrogens with one attached hydrogen (secondary N) is 1. The maximum atomic E-state index is 12.6. The summed E-state index contributed by atoms with van der Waals surface area (Å²) in [4.78, 5) is 32.2. The van der Waals surface area contributed by atoms with Gasteiger partial charge in [0.15, 0.2) is 0 Å². The van der Waals surface area contributed by atoms with Crippen LogP contribution in [0.15, 0.2) is 30.5 Å². The van der Waals surface area contributed by atoms with Crippen molar-refractivity contribution in [2.24, 2.45) is 11.7 Å². The van der Waals surface area contributed by atoms with E-state index in [-0.39, 0.29) is 17.9 Å². The number of rotatable bonds is 3. The number of anilines is 1. The fourth-order valence-electron chi connectivity index (χ4n) is 2.85. The highest BCUT2D eigenvalue weighted by molar-refractivity contribution is 7.15. The Morgan fingerprint density at radius 3 is 2.92 bits per heavy atom. The molecule has 3 N–H and O–H groups in total. The molecular weight excluding hydrogens is 324 g/mol. The monoisotopic (exact) mass is 344 g/mol. The van der Waals surface area contributed by atoms with Gasteiger partial charge in [-0.3, -0.25) is 9.78 Å². The van der Waals surface area contributed by atoms with Crippen molar-refractivity contribution < 1.29 is 9.59 Å². The lowest BCUT2D eigenvalue weighted by Gasteiger charge is -2.31. The van der Waals surface area contributed by atoms with Gasteiger partial charge in [0.25, 0.3) is 0 Å². The molecule has 0 spiro atoms. The zero-order valence-corrected chi connectivity index (χ0v) is 14.3. The van der Waals surface area contributed by atoms with Gasteiger partial charge in [-0.25, -0.2) is 4.79 Å². The van der Waals surface area contributed by atoms with Crippen molar-refractivity contribution in [1.82, 2.24) is 9.88 Å². The smallest absolute Gasteiger partial charge is 0.321 e. The minimum atomic E-state index is -0.344. The van der Waals surface area contributed by atoms with Gasteiger partial charge in [-0.15, -0.1) is 11.3 Å². The summed E-state index contributed by atoms with van der Waals surface area (Å²) >= 11 is 1.63. The summed E-state index contributed by atoms with van der Waals surface area (Å²) in [5.41, 5.74) is 6.81. The molecule has 1 aliphatic rings. The maximum Gasteiger partial charge on any atom is 0.321 e. The van der Waals surface area contributed by atoms with Crippen molar-refractivity contribution in [2.75, 3.05) is 18.4 Å². The second-order valence-electron chi connectivity index (χ2n) is 5.93. The number of nitrogens with two attached hydrogens (primary N) is 1. The third kappa shape index (κ3) is 3.56. The zero-order valence-electron chi connectivity index (χ0n) is 13.5. The van der Waals surface area contributed by atoms with E-state index in [4.69, 9.17) is 5.73 Å². The summed E-state index contributed by atoms with van der Waals surface area (Å²) in [5, 5.41) is 2.93. The Hall–Kier alpha value is -2.41. The molecule has 6 nitrogen and oxygen atoms in total. The Morgan fingerprint density at radius 1 is 1.38 bits per heavy atom. The van der Waals surface area contributed by atoms with Gasteiger partial charge >= 0.3 is 6.03 Å². The van der Waals surface area contributed by atoms with E-state index in [9.17, 15) is 9.59 Å². The highest BCUT2D eigenvalue weighted by Crippen LogP contribution is 2.31. The third-order valence-corrected chi connectivity index (χ3v) is 5.14. The molecule has 0 saturated carbocycles. The van der Waals surface area contributed by atoms with E-state index in [0.29, 0.717) is 18.8 Å². The van der Waals surface area contributed by atoms with Crippen LogP contribution in [0.25, 0.3) is 10.6 Å². The number of hydrogen-bond acceptors (Lipinski definition) is 4. The second-order valence-corrected chi connectivity index (χ2v) is 7.22. The number of primary amides is 1. The van der Waals surface area contributed by atoms with Gasteiger partial charge in [-0.05, 0) is 44.0 Å². The molecular formula is C17H20N4O2S. The van der Waals surface area contributed by atoms with Gasteiger partial charge in [0.1, 0.15) is 5.69 Å². The van der Waals surface area contributed by atoms with E-state index < -0.39 is 0 Å². The third-order valence-electron chi connectivity index (χ3n) is 4.13. The minimum Gasteiger partial charge on any atom is -0.369 e. The van der Waals surface area contributed by atoms with Crippen LogP contribution in [0.1, 0.15) is 17.7 Å². The molecule has 3 rings (SSSR count). The average Bonchev–Trinajstić information content (AvgIpc) is 3.01. The Kier molecular flexibility index (Phi) is 4.80. The number of carbonyl (C=O) groups excluding carboxylic acids is 2. The molecule has 0 bridgehead atoms. The van der Waals surface area contributed by atoms with Crippen molar-refractivity contribution in [3.8, 4) is 10.6 Å². The van der Waals surface area contributed by atoms with E-state index in [1.54, 1.807) is 28.5 Å². The number of pyridine rings is 1. The van der Waals surface area contributed by atoms with E-state index in [2.05, 4.69) is 10.3 Å². The summed E-state index contributed by atoms with van der Waals surface area (Å²) in [7, 11) is 0. The number of thiophene rings is 1. The number of amides is 3. The van der Waals surface area contributed by atoms with Crippen LogP contribution in [-0.2, 0) is 4.79 Å². The van der Waals surface area contributed by atoms with Crippen molar-refractivity contribution in [1.29, 1.82) is 0 Å². The molecule has 0 aromatic carbocycles. The predicted molar refractivity (Wildman–Crippen MR) is 94.8 cm³/mol. The van der Waals surface area contributed by atoms with Gasteiger partial charge in [-0.1, -0.05) is 0 Å². The van der Waals surface area contributed by atoms with E-state index in [1.165, 1.54) is 4.88 Å². The highest BCUT2D eigenvalue weighted by atomic mass is 32.1. The van der Waals surface area contributed by atoms with Crippen LogP contribution >= 0.6 is 11.3 Å². The summed E-state index contributed by atoms with van der Waals surface area (Å²) in [5.74, 6) is -0.610. The molecule has 24 heavy (non-hydrogen) atoms. The molecule has 1 aliphatic heterocycles. The standard InChI is InChI=1S/C17H20N4O2S/c1-11-6-7-14(24-11)15-13(5-2-8-19-15)20-17(23)21-9-3-4-12(10-21)16(18)22/h2,5-8,12H,3-4,9-10H2,1H3,(H2,18,22)(H,20,23). The van der Waals surface area contributed by atoms with Crippen LogP contribution in [0.3, 0.4) is 0 Å². The van der Waals surface area contributed by atoms with E-state index >= 15 is 0 Å². The van der Waals surface area contributed by atoms with Crippen molar-refractivity contribution in [3.05, 3.63) is 35.3 Å². The Bertz CT molecular complexity index is 759. The predicted octanol–water partition coefficient (Wildman–Crippen LogP) is 2.85. The average molecular weight is 344 g/mol. The van der Waals surface area contributed by atoms with E-state index in [0.717, 1.165) is 23.4 Å². The minimum absolute atomic E-state index is 0.219. The number of aryl methyl sites for hydroxylation is 1. The molecule has 2 aromatic heterocycles. The van der Waals surface area contributed by atoms with E-state index in [1.807, 2.05) is 25.1 Å². The first-order valence-electron chi connectivity index (χ1n) is 7.91. The normalized spacial score (nSPS) is 17.5. The van der Waals surface area contributed by atoms with Crippen LogP contribution in [0.2, 0.25) is 0 Å². The fraction of sp³-hybridized carbons (Fsp3) is 0.353. The molecule has 126 valence electrons. The Morgan fingerprint density at radius 2 is 2.21 bits per heavy atom. The molecule has 3 amide bonds. The first-order chi connectivity index (χ1) is 11.5. The number of piperidine rings is 1. The molecule has 1 atom stereocenters. The molecule has 2 aromatic rings. The molecule has 7 heteroatoms. The van der Waals surface area contributed by atoms with Crippen LogP contribution in [0.4, 0.5) is 10.5 Å². The lowest BCUT2D eigenvalue weighted by atomic mass is 9.98. The van der Waals surface area contributed by atoms with Gasteiger partial charge in [0.2, 0.25) is 5.91 Å². The SMILES string of the molecule is Cc1ccc(-c2ncccc2NC(=O)N2CCCC(C(N)=O)C2)s1. The van der Waals surface area contributed by atoms with Crippen LogP contribution in [0.5, 0.6) is 0 Å². The number of urea groups is 1. The molecule has 0 aliphatic carbocycles. The fourth-order valence-corrected chi connectivity index (χ4v) is 3.73. The number of carbonyl (C=O) groups is 2. The summed E-state index contributed by atoms with van der Waals surface area (Å²) < 4.78 is 0. The first kappa shape index (κ1) is 16.4. The lowest BCUT2D eigenvalue weighted by Crippen LogP contribution is -2.45. The summed E-state index contributed by atoms with van der Waals surface area (Å²) in [6, 6.07) is 7.44. The van der Waals surface area contributed by atoms with Crippen LogP contribution < -0.4 is 11.1 Å². The molecule has 3 heterocycles. The topological polar surface area (TPSA) is 88.3 Å². The van der Waals surface area contributed by atoms with Crippen LogP contribution in [0, 0.1) is 12.8 Å². The van der Waals surface area contributed by atoms with Crippen molar-refractivity contribution in [2.45, 2.75) is 19.8 Å². The Labute approximate surface area is 144 Å². The van der Waals surface area contributed by atoms with Gasteiger partial charge < -0.3 is 16.0 Å². The van der Waals surface area contributed by atoms with Gasteiger partial charge in [-0.2, -0.15) is 0 Å². The molecule has 1 unspecified atom stereocenters. The maximum absolute atomic E-state index is 12.6. The highest BCUT2D eigenvalue weighted by Gasteiger charge is 2.27. The summed E-state index contributed by atoms with van der Waals surface area (Å²) in [6.07, 6.45) is 3.24. The quantitative estimate of drug-likeness (QED) is 0.897. The van der Waals surface area contributed by atoms with Crippen LogP contribution in [-0.4, -0.2) is 34.9 Å². The molecule has 0 radical (unpaired) electrons. The number of hydrogen-bond donors (Lipinski definition) is 2. The second kappa shape index (κ2) is 7.00. The summed E-state index contributed by atoms with van der Waals surface area (Å²) in [6.45, 7) is 3.03. The molecule has 1 fully saturated rings. The van der Waals surface area contributed by atoms with Gasteiger partial charge in [0.05, 0.1) is 16.5 Å². The van der Waals surface area contributed by atoms with Gasteiger partial charge in [0, 0.05) is 24.2 Å². The Balaban J connectivity index is 1.76. The first-order valence-corrected chi connectivity index (χ1v) is 8.73. The number of aromatic nitrogens is 1. The largest absolute Gasteiger partial charge is 0.369 e. The van der Waals surface area contributed by atoms with Crippen molar-refractivity contribution in [3.63, 3.8) is 0 Å².